The molecule has 2 aromatic carbocycles. The number of benzene rings is 2. The van der Waals surface area contributed by atoms with Gasteiger partial charge in [0.25, 0.3) is 0 Å². The number of halogens is 5. The predicted octanol–water partition coefficient (Wildman–Crippen LogP) is 6.20. The Hall–Kier alpha value is -2.29. The number of anilines is 1. The van der Waals surface area contributed by atoms with E-state index in [1.165, 1.54) is 0 Å². The summed E-state index contributed by atoms with van der Waals surface area (Å²) >= 11 is 12.7. The quantitative estimate of drug-likeness (QED) is 0.366. The van der Waals surface area contributed by atoms with Crippen molar-refractivity contribution in [2.75, 3.05) is 11.1 Å². The normalized spacial score (nSPS) is 11.3. The van der Waals surface area contributed by atoms with Gasteiger partial charge in [-0.25, -0.2) is 9.97 Å². The number of amides is 1. The molecule has 1 N–H and O–H groups in total. The SMILES string of the molecule is O=C(CSc1nc(-c2ccccc2)cc(C(F)(F)F)n1)Nc1cccc(Cl)c1Cl. The van der Waals surface area contributed by atoms with Crippen LogP contribution < -0.4 is 5.32 Å². The van der Waals surface area contributed by atoms with Gasteiger partial charge >= 0.3 is 6.18 Å². The monoisotopic (exact) mass is 457 g/mol. The maximum absolute atomic E-state index is 13.2. The molecule has 3 aromatic rings. The van der Waals surface area contributed by atoms with Gasteiger partial charge in [-0.05, 0) is 18.2 Å². The minimum atomic E-state index is -4.64. The first-order valence-electron chi connectivity index (χ1n) is 8.12. The lowest BCUT2D eigenvalue weighted by atomic mass is 10.1. The Labute approximate surface area is 178 Å². The van der Waals surface area contributed by atoms with E-state index < -0.39 is 17.8 Å². The lowest BCUT2D eigenvalue weighted by Crippen LogP contribution is -2.15. The number of hydrogen-bond acceptors (Lipinski definition) is 4. The molecule has 0 fully saturated rings. The Balaban J connectivity index is 1.79. The van der Waals surface area contributed by atoms with E-state index in [2.05, 4.69) is 15.3 Å². The van der Waals surface area contributed by atoms with Crippen LogP contribution in [0.5, 0.6) is 0 Å². The summed E-state index contributed by atoms with van der Waals surface area (Å²) in [5.41, 5.74) is -0.141. The van der Waals surface area contributed by atoms with Crippen LogP contribution in [0, 0.1) is 0 Å². The summed E-state index contributed by atoms with van der Waals surface area (Å²) < 4.78 is 39.7. The van der Waals surface area contributed by atoms with Crippen molar-refractivity contribution in [3.63, 3.8) is 0 Å². The Kier molecular flexibility index (Phi) is 6.66. The molecule has 150 valence electrons. The van der Waals surface area contributed by atoms with Crippen LogP contribution in [0.3, 0.4) is 0 Å². The van der Waals surface area contributed by atoms with Crippen molar-refractivity contribution in [1.29, 1.82) is 0 Å². The smallest absolute Gasteiger partial charge is 0.324 e. The number of alkyl halides is 3. The molecule has 1 aromatic heterocycles. The van der Waals surface area contributed by atoms with Crippen LogP contribution in [0.15, 0.2) is 59.8 Å². The van der Waals surface area contributed by atoms with Gasteiger partial charge in [0.15, 0.2) is 5.16 Å². The average molecular weight is 458 g/mol. The number of carbonyl (C=O) groups is 1. The highest BCUT2D eigenvalue weighted by Crippen LogP contribution is 2.32. The topological polar surface area (TPSA) is 54.9 Å². The van der Waals surface area contributed by atoms with Crippen molar-refractivity contribution in [3.8, 4) is 11.3 Å². The van der Waals surface area contributed by atoms with Gasteiger partial charge in [0, 0.05) is 5.56 Å². The van der Waals surface area contributed by atoms with Crippen molar-refractivity contribution in [3.05, 3.63) is 70.3 Å². The summed E-state index contributed by atoms with van der Waals surface area (Å²) in [6, 6.07) is 14.0. The molecule has 0 bridgehead atoms. The van der Waals surface area contributed by atoms with Crippen LogP contribution >= 0.6 is 35.0 Å². The third kappa shape index (κ3) is 5.62. The molecule has 0 saturated carbocycles. The van der Waals surface area contributed by atoms with Gasteiger partial charge in [0.05, 0.1) is 27.2 Å². The van der Waals surface area contributed by atoms with Crippen molar-refractivity contribution < 1.29 is 18.0 Å². The van der Waals surface area contributed by atoms with E-state index in [1.54, 1.807) is 48.5 Å². The van der Waals surface area contributed by atoms with Gasteiger partial charge in [-0.1, -0.05) is 71.4 Å². The van der Waals surface area contributed by atoms with E-state index in [0.29, 0.717) is 11.3 Å². The highest BCUT2D eigenvalue weighted by Gasteiger charge is 2.34. The fraction of sp³-hybridized carbons (Fsp3) is 0.105. The maximum Gasteiger partial charge on any atom is 0.433 e. The predicted molar refractivity (Wildman–Crippen MR) is 108 cm³/mol. The molecule has 0 spiro atoms. The van der Waals surface area contributed by atoms with E-state index in [0.717, 1.165) is 17.8 Å². The lowest BCUT2D eigenvalue weighted by Gasteiger charge is -2.11. The van der Waals surface area contributed by atoms with Crippen LogP contribution in [0.1, 0.15) is 5.69 Å². The van der Waals surface area contributed by atoms with Gasteiger partial charge in [0.2, 0.25) is 5.91 Å². The van der Waals surface area contributed by atoms with E-state index in [-0.39, 0.29) is 26.6 Å². The first-order chi connectivity index (χ1) is 13.7. The zero-order valence-corrected chi connectivity index (χ0v) is 16.8. The molecule has 3 rings (SSSR count). The second-order valence-electron chi connectivity index (χ2n) is 5.72. The summed E-state index contributed by atoms with van der Waals surface area (Å²) in [6.07, 6.45) is -4.64. The largest absolute Gasteiger partial charge is 0.433 e. The van der Waals surface area contributed by atoms with Crippen LogP contribution in [-0.2, 0) is 11.0 Å². The highest BCUT2D eigenvalue weighted by atomic mass is 35.5. The van der Waals surface area contributed by atoms with Crippen molar-refractivity contribution in [2.45, 2.75) is 11.3 Å². The number of nitrogens with zero attached hydrogens (tertiary/aromatic N) is 2. The molecule has 1 amide bonds. The van der Waals surface area contributed by atoms with E-state index >= 15 is 0 Å². The van der Waals surface area contributed by atoms with Crippen molar-refractivity contribution in [2.24, 2.45) is 0 Å². The number of thioether (sulfide) groups is 1. The Morgan fingerprint density at radius 3 is 2.45 bits per heavy atom. The molecule has 0 aliphatic rings. The third-order valence-corrected chi connectivity index (χ3v) is 5.29. The van der Waals surface area contributed by atoms with Gasteiger partial charge in [-0.15, -0.1) is 0 Å². The number of rotatable bonds is 5. The summed E-state index contributed by atoms with van der Waals surface area (Å²) in [6.45, 7) is 0. The number of nitrogens with one attached hydrogen (secondary N) is 1. The van der Waals surface area contributed by atoms with Crippen molar-refractivity contribution in [1.82, 2.24) is 9.97 Å². The molecule has 0 atom stereocenters. The van der Waals surface area contributed by atoms with Gasteiger partial charge in [-0.2, -0.15) is 13.2 Å². The summed E-state index contributed by atoms with van der Waals surface area (Å²) in [5.74, 6) is -0.695. The van der Waals surface area contributed by atoms with E-state index in [9.17, 15) is 18.0 Å². The standard InChI is InChI=1S/C19H12Cl2F3N3OS/c20-12-7-4-8-13(17(12)21)25-16(28)10-29-18-26-14(11-5-2-1-3-6-11)9-15(27-18)19(22,23)24/h1-9H,10H2,(H,25,28). The molecule has 0 aliphatic carbocycles. The maximum atomic E-state index is 13.2. The second-order valence-corrected chi connectivity index (χ2v) is 7.45. The van der Waals surface area contributed by atoms with Gasteiger partial charge in [-0.3, -0.25) is 4.79 Å². The minimum absolute atomic E-state index is 0.119. The Morgan fingerprint density at radius 1 is 1.03 bits per heavy atom. The molecule has 0 saturated heterocycles. The molecule has 1 heterocycles. The number of aromatic nitrogens is 2. The molecule has 0 aliphatic heterocycles. The van der Waals surface area contributed by atoms with Gasteiger partial charge < -0.3 is 5.32 Å². The lowest BCUT2D eigenvalue weighted by molar-refractivity contribution is -0.141. The molecule has 0 unspecified atom stereocenters. The summed E-state index contributed by atoms with van der Waals surface area (Å²) in [5, 5.41) is 2.84. The highest BCUT2D eigenvalue weighted by molar-refractivity contribution is 7.99. The summed E-state index contributed by atoms with van der Waals surface area (Å²) in [7, 11) is 0. The first kappa shape index (κ1) is 21.4. The first-order valence-corrected chi connectivity index (χ1v) is 9.86. The molecular formula is C19H12Cl2F3N3OS. The zero-order chi connectivity index (χ0) is 21.0. The fourth-order valence-electron chi connectivity index (χ4n) is 2.31. The molecule has 29 heavy (non-hydrogen) atoms. The number of hydrogen-bond donors (Lipinski definition) is 1. The van der Waals surface area contributed by atoms with Gasteiger partial charge in [0.1, 0.15) is 5.69 Å². The number of carbonyl (C=O) groups excluding carboxylic acids is 1. The minimum Gasteiger partial charge on any atom is -0.324 e. The Bertz CT molecular complexity index is 1030. The average Bonchev–Trinajstić information content (AvgIpc) is 2.70. The van der Waals surface area contributed by atoms with Crippen LogP contribution in [0.2, 0.25) is 10.0 Å². The fourth-order valence-corrected chi connectivity index (χ4v) is 3.31. The molecular weight excluding hydrogens is 446 g/mol. The van der Waals surface area contributed by atoms with Crippen LogP contribution in [0.4, 0.5) is 18.9 Å². The molecule has 4 nitrogen and oxygen atoms in total. The third-order valence-electron chi connectivity index (χ3n) is 3.62. The van der Waals surface area contributed by atoms with Crippen molar-refractivity contribution >= 4 is 46.6 Å². The molecule has 0 radical (unpaired) electrons. The molecule has 10 heteroatoms. The van der Waals surface area contributed by atoms with E-state index in [4.69, 9.17) is 23.2 Å². The summed E-state index contributed by atoms with van der Waals surface area (Å²) in [4.78, 5) is 19.9. The zero-order valence-electron chi connectivity index (χ0n) is 14.5. The van der Waals surface area contributed by atoms with E-state index in [1.807, 2.05) is 0 Å². The van der Waals surface area contributed by atoms with Crippen LogP contribution in [-0.4, -0.2) is 21.6 Å². The van der Waals surface area contributed by atoms with Crippen LogP contribution in [0.25, 0.3) is 11.3 Å². The Morgan fingerprint density at radius 2 is 1.76 bits per heavy atom. The second kappa shape index (κ2) is 9.02.